The molecule has 0 fully saturated rings. The average molecular weight is 502 g/mol. The van der Waals surface area contributed by atoms with E-state index in [1.807, 2.05) is 27.7 Å². The van der Waals surface area contributed by atoms with Gasteiger partial charge in [0.25, 0.3) is 0 Å². The summed E-state index contributed by atoms with van der Waals surface area (Å²) in [7, 11) is 1.40. The monoisotopic (exact) mass is 501 g/mol. The van der Waals surface area contributed by atoms with Crippen LogP contribution in [0.5, 0.6) is 11.5 Å². The number of pyridine rings is 1. The van der Waals surface area contributed by atoms with Gasteiger partial charge in [-0.15, -0.1) is 0 Å². The van der Waals surface area contributed by atoms with E-state index in [1.165, 1.54) is 31.5 Å². The summed E-state index contributed by atoms with van der Waals surface area (Å²) in [5.41, 5.74) is 1.57. The molecule has 0 N–H and O–H groups in total. The molecule has 1 aromatic carbocycles. The number of benzene rings is 1. The Bertz CT molecular complexity index is 1100. The quantitative estimate of drug-likeness (QED) is 0.289. The first-order valence-corrected chi connectivity index (χ1v) is 12.1. The van der Waals surface area contributed by atoms with E-state index in [1.54, 1.807) is 26.8 Å². The van der Waals surface area contributed by atoms with Crippen molar-refractivity contribution in [2.45, 2.75) is 66.9 Å². The van der Waals surface area contributed by atoms with Gasteiger partial charge in [-0.05, 0) is 43.0 Å². The van der Waals surface area contributed by atoms with E-state index in [2.05, 4.69) is 4.98 Å². The number of carbonyl (C=O) groups excluding carboxylic acids is 3. The Morgan fingerprint density at radius 3 is 2.22 bits per heavy atom. The summed E-state index contributed by atoms with van der Waals surface area (Å²) in [5, 5.41) is 0. The number of ketones is 1. The van der Waals surface area contributed by atoms with Crippen LogP contribution in [0.1, 0.15) is 75.5 Å². The number of hydrogen-bond acceptors (Lipinski definition) is 7. The summed E-state index contributed by atoms with van der Waals surface area (Å²) in [5.74, 6) is -3.26. The van der Waals surface area contributed by atoms with E-state index < -0.39 is 35.7 Å². The second kappa shape index (κ2) is 12.6. The molecule has 2 rings (SSSR count). The summed E-state index contributed by atoms with van der Waals surface area (Å²) < 4.78 is 30.0. The van der Waals surface area contributed by atoms with E-state index in [0.717, 1.165) is 11.1 Å². The maximum atomic E-state index is 13.5. The summed E-state index contributed by atoms with van der Waals surface area (Å²) in [6, 6.07) is 6.01. The second-order valence-electron chi connectivity index (χ2n) is 9.68. The number of halogens is 1. The van der Waals surface area contributed by atoms with Gasteiger partial charge >= 0.3 is 11.9 Å². The minimum Gasteiger partial charge on any atom is -0.493 e. The van der Waals surface area contributed by atoms with Crippen molar-refractivity contribution in [3.63, 3.8) is 0 Å². The van der Waals surface area contributed by atoms with Crippen LogP contribution >= 0.6 is 0 Å². The Morgan fingerprint density at radius 2 is 1.67 bits per heavy atom. The van der Waals surface area contributed by atoms with Crippen LogP contribution < -0.4 is 9.47 Å². The van der Waals surface area contributed by atoms with Crippen LogP contribution in [0.25, 0.3) is 0 Å². The molecule has 0 amide bonds. The maximum Gasteiger partial charge on any atom is 0.313 e. The van der Waals surface area contributed by atoms with E-state index >= 15 is 0 Å². The number of carbonyl (C=O) groups is 3. The number of methoxy groups -OCH3 is 1. The number of ether oxygens (including phenoxy) is 3. The van der Waals surface area contributed by atoms with Gasteiger partial charge in [0.1, 0.15) is 11.9 Å². The van der Waals surface area contributed by atoms with Crippen LogP contribution in [0.15, 0.2) is 30.5 Å². The lowest BCUT2D eigenvalue weighted by atomic mass is 9.89. The van der Waals surface area contributed by atoms with Crippen LogP contribution in [0.2, 0.25) is 0 Å². The van der Waals surface area contributed by atoms with E-state index in [9.17, 15) is 18.8 Å². The number of hydrogen-bond donors (Lipinski definition) is 0. The van der Waals surface area contributed by atoms with Crippen molar-refractivity contribution >= 4 is 17.7 Å². The van der Waals surface area contributed by atoms with Gasteiger partial charge in [-0.25, -0.2) is 9.37 Å². The maximum absolute atomic E-state index is 13.5. The van der Waals surface area contributed by atoms with Gasteiger partial charge < -0.3 is 14.2 Å². The van der Waals surface area contributed by atoms with Crippen molar-refractivity contribution in [3.8, 4) is 11.5 Å². The van der Waals surface area contributed by atoms with Crippen molar-refractivity contribution in [1.82, 2.24) is 4.98 Å². The van der Waals surface area contributed by atoms with Crippen molar-refractivity contribution in [3.05, 3.63) is 53.1 Å². The molecule has 0 aliphatic heterocycles. The van der Waals surface area contributed by atoms with Crippen molar-refractivity contribution in [2.24, 2.45) is 17.8 Å². The number of aryl methyl sites for hydroxylation is 1. The average Bonchev–Trinajstić information content (AvgIpc) is 2.81. The first-order chi connectivity index (χ1) is 16.9. The molecule has 0 bridgehead atoms. The number of Topliss-reactive ketones (excluding diaryl/α,β-unsaturated/α-hetero) is 1. The Balaban J connectivity index is 2.23. The molecule has 0 radical (unpaired) electrons. The highest BCUT2D eigenvalue weighted by Gasteiger charge is 2.32. The molecular weight excluding hydrogens is 465 g/mol. The van der Waals surface area contributed by atoms with Crippen molar-refractivity contribution < 1.29 is 33.0 Å². The summed E-state index contributed by atoms with van der Waals surface area (Å²) in [4.78, 5) is 42.8. The van der Waals surface area contributed by atoms with Crippen molar-refractivity contribution in [1.29, 1.82) is 0 Å². The van der Waals surface area contributed by atoms with Crippen LogP contribution in [-0.4, -0.2) is 35.9 Å². The van der Waals surface area contributed by atoms with Crippen LogP contribution in [0, 0.1) is 30.5 Å². The first kappa shape index (κ1) is 28.9. The highest BCUT2D eigenvalue weighted by atomic mass is 19.1. The van der Waals surface area contributed by atoms with Crippen molar-refractivity contribution in [2.75, 3.05) is 7.11 Å². The number of nitrogens with zero attached hydrogens (tertiary/aromatic N) is 1. The number of esters is 2. The molecule has 3 atom stereocenters. The Hall–Kier alpha value is -3.29. The lowest BCUT2D eigenvalue weighted by Gasteiger charge is -2.26. The van der Waals surface area contributed by atoms with Gasteiger partial charge in [0.05, 0.1) is 18.9 Å². The van der Waals surface area contributed by atoms with Gasteiger partial charge in [0.15, 0.2) is 17.2 Å². The highest BCUT2D eigenvalue weighted by molar-refractivity contribution is 6.00. The molecular formula is C28H36FNO6. The van der Waals surface area contributed by atoms with E-state index in [4.69, 9.17) is 14.2 Å². The molecule has 8 heteroatoms. The first-order valence-electron chi connectivity index (χ1n) is 12.1. The minimum atomic E-state index is -0.747. The van der Waals surface area contributed by atoms with Gasteiger partial charge in [0.2, 0.25) is 5.75 Å². The molecule has 0 saturated heterocycles. The normalized spacial score (nSPS) is 13.8. The van der Waals surface area contributed by atoms with E-state index in [0.29, 0.717) is 0 Å². The van der Waals surface area contributed by atoms with Crippen LogP contribution in [0.3, 0.4) is 0 Å². The molecule has 0 aliphatic carbocycles. The Kier molecular flexibility index (Phi) is 10.1. The standard InChI is InChI=1S/C28H36FNO6/c1-15(2)22(28(33)35-19(7)18(6)21-10-9-20(29)13-17(21)5)14-23(31)25-26(36-27(32)16(3)4)24(34-8)11-12-30-25/h9-13,15-16,18-19,22H,14H2,1-8H3/t18-,19-,22-/m0/s1. The molecule has 36 heavy (non-hydrogen) atoms. The zero-order valence-corrected chi connectivity index (χ0v) is 22.3. The predicted octanol–water partition coefficient (Wildman–Crippen LogP) is 5.68. The second-order valence-corrected chi connectivity index (χ2v) is 9.68. The topological polar surface area (TPSA) is 91.8 Å². The van der Waals surface area contributed by atoms with Gasteiger partial charge in [-0.1, -0.05) is 40.7 Å². The highest BCUT2D eigenvalue weighted by Crippen LogP contribution is 2.33. The molecule has 0 saturated carbocycles. The number of aromatic nitrogens is 1. The summed E-state index contributed by atoms with van der Waals surface area (Å²) in [6.45, 7) is 12.5. The lowest BCUT2D eigenvalue weighted by molar-refractivity contribution is -0.155. The summed E-state index contributed by atoms with van der Waals surface area (Å²) in [6.07, 6.45) is 0.700. The molecule has 196 valence electrons. The molecule has 0 spiro atoms. The Labute approximate surface area is 212 Å². The van der Waals surface area contributed by atoms with Gasteiger partial charge in [-0.2, -0.15) is 0 Å². The van der Waals surface area contributed by atoms with Crippen LogP contribution in [-0.2, 0) is 14.3 Å². The molecule has 0 aliphatic rings. The fourth-order valence-corrected chi connectivity index (χ4v) is 3.77. The molecule has 0 unspecified atom stereocenters. The number of rotatable bonds is 11. The fraction of sp³-hybridized carbons (Fsp3) is 0.500. The smallest absolute Gasteiger partial charge is 0.313 e. The zero-order chi connectivity index (χ0) is 27.2. The lowest BCUT2D eigenvalue weighted by Crippen LogP contribution is -2.31. The SMILES string of the molecule is COc1ccnc(C(=O)C[C@H](C(=O)O[C@@H](C)[C@H](C)c2ccc(F)cc2C)C(C)C)c1OC(=O)C(C)C. The molecule has 2 aromatic rings. The van der Waals surface area contributed by atoms with Gasteiger partial charge in [0, 0.05) is 24.6 Å². The molecule has 7 nitrogen and oxygen atoms in total. The molecule has 1 heterocycles. The van der Waals surface area contributed by atoms with Gasteiger partial charge in [-0.3, -0.25) is 14.4 Å². The third-order valence-corrected chi connectivity index (χ3v) is 6.27. The van der Waals surface area contributed by atoms with E-state index in [-0.39, 0.29) is 41.3 Å². The zero-order valence-electron chi connectivity index (χ0n) is 22.3. The third kappa shape index (κ3) is 7.12. The summed E-state index contributed by atoms with van der Waals surface area (Å²) >= 11 is 0. The largest absolute Gasteiger partial charge is 0.493 e. The fourth-order valence-electron chi connectivity index (χ4n) is 3.77. The molecule has 1 aromatic heterocycles. The minimum absolute atomic E-state index is 0.0617. The third-order valence-electron chi connectivity index (χ3n) is 6.27. The predicted molar refractivity (Wildman–Crippen MR) is 134 cm³/mol. The Morgan fingerprint density at radius 1 is 1.00 bits per heavy atom. The van der Waals surface area contributed by atoms with Crippen LogP contribution in [0.4, 0.5) is 4.39 Å².